The lowest BCUT2D eigenvalue weighted by Crippen LogP contribution is -2.48. The zero-order valence-electron chi connectivity index (χ0n) is 17.0. The molecule has 1 heterocycles. The third-order valence-electron chi connectivity index (χ3n) is 5.05. The molecule has 0 aliphatic carbocycles. The van der Waals surface area contributed by atoms with Crippen molar-refractivity contribution in [2.45, 2.75) is 20.8 Å². The number of nitrogens with zero attached hydrogens (tertiary/aromatic N) is 4. The summed E-state index contributed by atoms with van der Waals surface area (Å²) in [6, 6.07) is 4.58. The van der Waals surface area contributed by atoms with Crippen molar-refractivity contribution in [2.75, 3.05) is 51.2 Å². The summed E-state index contributed by atoms with van der Waals surface area (Å²) in [7, 11) is 1.67. The van der Waals surface area contributed by atoms with Crippen LogP contribution in [-0.2, 0) is 4.79 Å². The lowest BCUT2D eigenvalue weighted by Gasteiger charge is -2.35. The van der Waals surface area contributed by atoms with Gasteiger partial charge in [0.05, 0.1) is 4.92 Å². The molecular weight excluding hydrogens is 362 g/mol. The third kappa shape index (κ3) is 4.98. The highest BCUT2D eigenvalue weighted by Gasteiger charge is 2.27. The standard InChI is InChI=1S/C19H29N5O4/c1-14(25)22-7-9-23(10-8-22)16-6-5-15(11-17(16)24(27)28)18(26)21(4)13-19(2,3)12-20/h5-6,11H,7-10,12-13,20H2,1-4H3. The molecule has 0 bridgehead atoms. The van der Waals surface area contributed by atoms with Gasteiger partial charge in [-0.05, 0) is 24.1 Å². The van der Waals surface area contributed by atoms with E-state index in [4.69, 9.17) is 5.73 Å². The molecule has 0 atom stereocenters. The van der Waals surface area contributed by atoms with Crippen LogP contribution in [-0.4, -0.2) is 72.9 Å². The van der Waals surface area contributed by atoms with Crippen LogP contribution in [0.5, 0.6) is 0 Å². The number of piperazine rings is 1. The number of nitrogens with two attached hydrogens (primary N) is 1. The molecule has 1 aliphatic heterocycles. The molecule has 0 radical (unpaired) electrons. The fourth-order valence-electron chi connectivity index (χ4n) is 3.33. The number of carbonyl (C=O) groups excluding carboxylic acids is 2. The summed E-state index contributed by atoms with van der Waals surface area (Å²) in [5.74, 6) is -0.281. The van der Waals surface area contributed by atoms with Gasteiger partial charge in [0, 0.05) is 58.3 Å². The predicted octanol–water partition coefficient (Wildman–Crippen LogP) is 1.32. The van der Waals surface area contributed by atoms with E-state index < -0.39 is 4.92 Å². The van der Waals surface area contributed by atoms with Gasteiger partial charge in [-0.25, -0.2) is 0 Å². The SMILES string of the molecule is CC(=O)N1CCN(c2ccc(C(=O)N(C)CC(C)(C)CN)cc2[N+](=O)[O-])CC1. The molecule has 2 amide bonds. The highest BCUT2D eigenvalue weighted by atomic mass is 16.6. The monoisotopic (exact) mass is 391 g/mol. The maximum atomic E-state index is 12.7. The second-order valence-electron chi connectivity index (χ2n) is 7.98. The molecule has 0 unspecified atom stereocenters. The number of nitro benzene ring substituents is 1. The molecule has 1 fully saturated rings. The first-order chi connectivity index (χ1) is 13.1. The lowest BCUT2D eigenvalue weighted by atomic mass is 9.93. The maximum absolute atomic E-state index is 12.7. The molecule has 1 saturated heterocycles. The van der Waals surface area contributed by atoms with Gasteiger partial charge in [-0.15, -0.1) is 0 Å². The number of carbonyl (C=O) groups is 2. The summed E-state index contributed by atoms with van der Waals surface area (Å²) < 4.78 is 0. The molecule has 1 aromatic rings. The van der Waals surface area contributed by atoms with E-state index in [-0.39, 0.29) is 28.5 Å². The fourth-order valence-corrected chi connectivity index (χ4v) is 3.33. The summed E-state index contributed by atoms with van der Waals surface area (Å²) >= 11 is 0. The van der Waals surface area contributed by atoms with Gasteiger partial charge in [0.15, 0.2) is 0 Å². The average molecular weight is 391 g/mol. The summed E-state index contributed by atoms with van der Waals surface area (Å²) in [6.07, 6.45) is 0. The summed E-state index contributed by atoms with van der Waals surface area (Å²) in [5.41, 5.74) is 6.12. The van der Waals surface area contributed by atoms with E-state index >= 15 is 0 Å². The number of rotatable bonds is 6. The first-order valence-corrected chi connectivity index (χ1v) is 9.30. The van der Waals surface area contributed by atoms with Crippen LogP contribution in [0, 0.1) is 15.5 Å². The Morgan fingerprint density at radius 3 is 2.36 bits per heavy atom. The summed E-state index contributed by atoms with van der Waals surface area (Å²) in [5, 5.41) is 11.6. The van der Waals surface area contributed by atoms with Crippen LogP contribution in [0.25, 0.3) is 0 Å². The van der Waals surface area contributed by atoms with Crippen molar-refractivity contribution in [1.82, 2.24) is 9.80 Å². The number of amides is 2. The van der Waals surface area contributed by atoms with Gasteiger partial charge in [-0.2, -0.15) is 0 Å². The Morgan fingerprint density at radius 1 is 1.25 bits per heavy atom. The molecular formula is C19H29N5O4. The molecule has 28 heavy (non-hydrogen) atoms. The van der Waals surface area contributed by atoms with Crippen molar-refractivity contribution in [3.63, 3.8) is 0 Å². The molecule has 2 N–H and O–H groups in total. The van der Waals surface area contributed by atoms with E-state index in [2.05, 4.69) is 0 Å². The molecule has 1 aromatic carbocycles. The summed E-state index contributed by atoms with van der Waals surface area (Å²) in [6.45, 7) is 8.37. The van der Waals surface area contributed by atoms with Crippen LogP contribution in [0.2, 0.25) is 0 Å². The Balaban J connectivity index is 2.22. The lowest BCUT2D eigenvalue weighted by molar-refractivity contribution is -0.384. The van der Waals surface area contributed by atoms with Gasteiger partial charge in [0.1, 0.15) is 5.69 Å². The zero-order valence-corrected chi connectivity index (χ0v) is 17.0. The van der Waals surface area contributed by atoms with Gasteiger partial charge < -0.3 is 20.4 Å². The van der Waals surface area contributed by atoms with Crippen LogP contribution in [0.4, 0.5) is 11.4 Å². The van der Waals surface area contributed by atoms with Gasteiger partial charge in [0.25, 0.3) is 11.6 Å². The third-order valence-corrected chi connectivity index (χ3v) is 5.05. The first kappa shape index (κ1) is 21.6. The van der Waals surface area contributed by atoms with E-state index in [1.165, 1.54) is 17.9 Å². The van der Waals surface area contributed by atoms with Crippen molar-refractivity contribution in [3.05, 3.63) is 33.9 Å². The van der Waals surface area contributed by atoms with Gasteiger partial charge >= 0.3 is 0 Å². The zero-order chi connectivity index (χ0) is 21.1. The molecule has 9 nitrogen and oxygen atoms in total. The van der Waals surface area contributed by atoms with E-state index in [1.807, 2.05) is 18.7 Å². The van der Waals surface area contributed by atoms with Crippen molar-refractivity contribution in [2.24, 2.45) is 11.1 Å². The smallest absolute Gasteiger partial charge is 0.293 e. The largest absolute Gasteiger partial charge is 0.362 e. The Bertz CT molecular complexity index is 757. The van der Waals surface area contributed by atoms with Gasteiger partial charge in [-0.1, -0.05) is 13.8 Å². The minimum atomic E-state index is -0.465. The molecule has 0 aromatic heterocycles. The molecule has 154 valence electrons. The van der Waals surface area contributed by atoms with E-state index in [1.54, 1.807) is 24.1 Å². The molecule has 0 spiro atoms. The highest BCUT2D eigenvalue weighted by molar-refractivity contribution is 5.95. The van der Waals surface area contributed by atoms with Crippen molar-refractivity contribution < 1.29 is 14.5 Å². The number of hydrogen-bond donors (Lipinski definition) is 1. The second-order valence-corrected chi connectivity index (χ2v) is 7.98. The highest BCUT2D eigenvalue weighted by Crippen LogP contribution is 2.30. The van der Waals surface area contributed by atoms with Crippen LogP contribution >= 0.6 is 0 Å². The first-order valence-electron chi connectivity index (χ1n) is 9.30. The Hall–Kier alpha value is -2.68. The fraction of sp³-hybridized carbons (Fsp3) is 0.579. The maximum Gasteiger partial charge on any atom is 0.293 e. The van der Waals surface area contributed by atoms with Crippen LogP contribution in [0.3, 0.4) is 0 Å². The second kappa shape index (κ2) is 8.55. The Labute approximate surface area is 165 Å². The van der Waals surface area contributed by atoms with Crippen molar-refractivity contribution in [3.8, 4) is 0 Å². The van der Waals surface area contributed by atoms with E-state index in [0.717, 1.165) is 0 Å². The Morgan fingerprint density at radius 2 is 1.86 bits per heavy atom. The molecule has 0 saturated carbocycles. The Kier molecular flexibility index (Phi) is 6.60. The molecule has 1 aliphatic rings. The number of benzene rings is 1. The minimum Gasteiger partial charge on any atom is -0.362 e. The average Bonchev–Trinajstić information content (AvgIpc) is 2.66. The van der Waals surface area contributed by atoms with Crippen LogP contribution < -0.4 is 10.6 Å². The normalized spacial score (nSPS) is 14.8. The van der Waals surface area contributed by atoms with Crippen LogP contribution in [0.1, 0.15) is 31.1 Å². The van der Waals surface area contributed by atoms with Crippen molar-refractivity contribution >= 4 is 23.2 Å². The van der Waals surface area contributed by atoms with E-state index in [9.17, 15) is 19.7 Å². The number of nitro groups is 1. The predicted molar refractivity (Wildman–Crippen MR) is 107 cm³/mol. The van der Waals surface area contributed by atoms with Gasteiger partial charge in [0.2, 0.25) is 5.91 Å². The molecule has 2 rings (SSSR count). The summed E-state index contributed by atoms with van der Waals surface area (Å²) in [4.78, 5) is 40.5. The number of anilines is 1. The quantitative estimate of drug-likeness (QED) is 0.578. The van der Waals surface area contributed by atoms with Gasteiger partial charge in [-0.3, -0.25) is 19.7 Å². The molecule has 9 heteroatoms. The minimum absolute atomic E-state index is 0.00136. The van der Waals surface area contributed by atoms with Crippen LogP contribution in [0.15, 0.2) is 18.2 Å². The van der Waals surface area contributed by atoms with E-state index in [0.29, 0.717) is 45.0 Å². The van der Waals surface area contributed by atoms with Crippen molar-refractivity contribution in [1.29, 1.82) is 0 Å². The number of hydrogen-bond acceptors (Lipinski definition) is 6. The topological polar surface area (TPSA) is 113 Å².